The van der Waals surface area contributed by atoms with Crippen molar-refractivity contribution in [3.05, 3.63) is 58.0 Å². The number of likely N-dealkylation sites (tertiary alicyclic amines) is 1. The standard InChI is InChI=1S/C20H19F3N2O4/c1-12-7-16(9-18(26)25(12)14-5-6-14)28-17-10-24(11-17)19(27)13-3-2-4-15(8-13)29-20(21,22)23/h2-4,7-9,14,17H,5-6,10-11H2,1H3. The van der Waals surface area contributed by atoms with Crippen LogP contribution in [-0.4, -0.2) is 40.9 Å². The Kier molecular flexibility index (Phi) is 4.76. The van der Waals surface area contributed by atoms with Crippen LogP contribution >= 0.6 is 0 Å². The third kappa shape index (κ3) is 4.38. The van der Waals surface area contributed by atoms with Crippen molar-refractivity contribution >= 4 is 5.91 Å². The molecule has 1 saturated heterocycles. The molecule has 0 N–H and O–H groups in total. The molecule has 0 radical (unpaired) electrons. The summed E-state index contributed by atoms with van der Waals surface area (Å²) in [5.41, 5.74) is 0.841. The van der Waals surface area contributed by atoms with E-state index in [1.165, 1.54) is 23.1 Å². The van der Waals surface area contributed by atoms with Crippen molar-refractivity contribution in [3.8, 4) is 11.5 Å². The molecule has 1 aliphatic heterocycles. The lowest BCUT2D eigenvalue weighted by Crippen LogP contribution is -2.56. The molecule has 9 heteroatoms. The van der Waals surface area contributed by atoms with Crippen LogP contribution < -0.4 is 15.0 Å². The largest absolute Gasteiger partial charge is 0.573 e. The first-order valence-corrected chi connectivity index (χ1v) is 9.24. The van der Waals surface area contributed by atoms with Gasteiger partial charge in [0.05, 0.1) is 13.1 Å². The van der Waals surface area contributed by atoms with Gasteiger partial charge in [-0.25, -0.2) is 0 Å². The quantitative estimate of drug-likeness (QED) is 0.762. The van der Waals surface area contributed by atoms with Crippen LogP contribution in [-0.2, 0) is 0 Å². The summed E-state index contributed by atoms with van der Waals surface area (Å²) in [6, 6.07) is 8.50. The average molecular weight is 408 g/mol. The molecule has 1 amide bonds. The topological polar surface area (TPSA) is 60.8 Å². The van der Waals surface area contributed by atoms with Crippen molar-refractivity contribution in [1.82, 2.24) is 9.47 Å². The molecular formula is C20H19F3N2O4. The van der Waals surface area contributed by atoms with Crippen molar-refractivity contribution in [2.45, 2.75) is 38.3 Å². The van der Waals surface area contributed by atoms with E-state index in [9.17, 15) is 22.8 Å². The maximum absolute atomic E-state index is 12.5. The molecule has 6 nitrogen and oxygen atoms in total. The SMILES string of the molecule is Cc1cc(OC2CN(C(=O)c3cccc(OC(F)(F)F)c3)C2)cc(=O)n1C1CC1. The first-order valence-electron chi connectivity index (χ1n) is 9.24. The Labute approximate surface area is 164 Å². The number of aryl methyl sites for hydroxylation is 1. The fourth-order valence-electron chi connectivity index (χ4n) is 3.43. The number of halogens is 3. The van der Waals surface area contributed by atoms with E-state index in [1.54, 1.807) is 4.57 Å². The fourth-order valence-corrected chi connectivity index (χ4v) is 3.43. The van der Waals surface area contributed by atoms with E-state index in [1.807, 2.05) is 13.0 Å². The number of hydrogen-bond acceptors (Lipinski definition) is 4. The number of benzene rings is 1. The van der Waals surface area contributed by atoms with Crippen LogP contribution in [0.4, 0.5) is 13.2 Å². The third-order valence-corrected chi connectivity index (χ3v) is 4.90. The Morgan fingerprint density at radius 3 is 2.45 bits per heavy atom. The molecule has 154 valence electrons. The molecule has 1 saturated carbocycles. The molecule has 0 bridgehead atoms. The van der Waals surface area contributed by atoms with Crippen molar-refractivity contribution in [1.29, 1.82) is 0 Å². The van der Waals surface area contributed by atoms with Crippen LogP contribution in [0.2, 0.25) is 0 Å². The maximum Gasteiger partial charge on any atom is 0.573 e. The van der Waals surface area contributed by atoms with Gasteiger partial charge in [0, 0.05) is 23.4 Å². The number of hydrogen-bond donors (Lipinski definition) is 0. The monoisotopic (exact) mass is 408 g/mol. The molecule has 2 fully saturated rings. The van der Waals surface area contributed by atoms with E-state index in [4.69, 9.17) is 4.74 Å². The van der Waals surface area contributed by atoms with Gasteiger partial charge in [-0.3, -0.25) is 9.59 Å². The molecule has 0 spiro atoms. The lowest BCUT2D eigenvalue weighted by atomic mass is 10.1. The number of alkyl halides is 3. The highest BCUT2D eigenvalue weighted by Crippen LogP contribution is 2.35. The van der Waals surface area contributed by atoms with Gasteiger partial charge in [0.25, 0.3) is 11.5 Å². The van der Waals surface area contributed by atoms with E-state index in [0.717, 1.165) is 30.7 Å². The van der Waals surface area contributed by atoms with E-state index in [2.05, 4.69) is 4.74 Å². The Balaban J connectivity index is 1.36. The van der Waals surface area contributed by atoms with Gasteiger partial charge in [-0.05, 0) is 44.0 Å². The van der Waals surface area contributed by atoms with E-state index >= 15 is 0 Å². The van der Waals surface area contributed by atoms with Gasteiger partial charge in [0.1, 0.15) is 17.6 Å². The molecule has 4 rings (SSSR count). The van der Waals surface area contributed by atoms with Crippen LogP contribution in [0.25, 0.3) is 0 Å². The van der Waals surface area contributed by atoms with E-state index in [-0.39, 0.29) is 36.4 Å². The van der Waals surface area contributed by atoms with Crippen LogP contribution in [0.5, 0.6) is 11.5 Å². The van der Waals surface area contributed by atoms with E-state index < -0.39 is 18.0 Å². The summed E-state index contributed by atoms with van der Waals surface area (Å²) in [7, 11) is 0. The number of carbonyl (C=O) groups excluding carboxylic acids is 1. The van der Waals surface area contributed by atoms with Crippen molar-refractivity contribution in [2.24, 2.45) is 0 Å². The summed E-state index contributed by atoms with van der Waals surface area (Å²) in [6.07, 6.45) is -3.07. The van der Waals surface area contributed by atoms with Crippen molar-refractivity contribution in [3.63, 3.8) is 0 Å². The second-order valence-electron chi connectivity index (χ2n) is 7.30. The average Bonchev–Trinajstić information content (AvgIpc) is 3.40. The van der Waals surface area contributed by atoms with E-state index in [0.29, 0.717) is 5.75 Å². The molecule has 0 unspecified atom stereocenters. The zero-order chi connectivity index (χ0) is 20.8. The molecule has 1 aromatic carbocycles. The first kappa shape index (κ1) is 19.4. The number of carbonyl (C=O) groups is 1. The Morgan fingerprint density at radius 1 is 1.10 bits per heavy atom. The molecule has 0 atom stereocenters. The molecular weight excluding hydrogens is 389 g/mol. The highest BCUT2D eigenvalue weighted by molar-refractivity contribution is 5.95. The van der Waals surface area contributed by atoms with Gasteiger partial charge in [-0.1, -0.05) is 6.07 Å². The Morgan fingerprint density at radius 2 is 1.83 bits per heavy atom. The van der Waals surface area contributed by atoms with Crippen LogP contribution in [0, 0.1) is 6.92 Å². The van der Waals surface area contributed by atoms with Gasteiger partial charge in [0.2, 0.25) is 0 Å². The summed E-state index contributed by atoms with van der Waals surface area (Å²) >= 11 is 0. The number of nitrogens with zero attached hydrogens (tertiary/aromatic N) is 2. The zero-order valence-corrected chi connectivity index (χ0v) is 15.6. The number of pyridine rings is 1. The van der Waals surface area contributed by atoms with Gasteiger partial charge >= 0.3 is 6.36 Å². The number of rotatable bonds is 5. The number of aromatic nitrogens is 1. The molecule has 1 aliphatic carbocycles. The fraction of sp³-hybridized carbons (Fsp3) is 0.400. The highest BCUT2D eigenvalue weighted by Gasteiger charge is 2.35. The summed E-state index contributed by atoms with van der Waals surface area (Å²) in [4.78, 5) is 26.2. The van der Waals surface area contributed by atoms with Gasteiger partial charge in [0.15, 0.2) is 0 Å². The molecule has 2 heterocycles. The molecule has 29 heavy (non-hydrogen) atoms. The van der Waals surface area contributed by atoms with Crippen molar-refractivity contribution < 1.29 is 27.4 Å². The number of amides is 1. The normalized spacial score (nSPS) is 17.0. The molecule has 1 aromatic heterocycles. The second-order valence-corrected chi connectivity index (χ2v) is 7.30. The number of ether oxygens (including phenoxy) is 2. The minimum atomic E-state index is -4.82. The third-order valence-electron chi connectivity index (χ3n) is 4.90. The first-order chi connectivity index (χ1) is 13.7. The Bertz CT molecular complexity index is 992. The summed E-state index contributed by atoms with van der Waals surface area (Å²) in [5.74, 6) is -0.386. The van der Waals surface area contributed by atoms with Gasteiger partial charge in [-0.2, -0.15) is 0 Å². The minimum absolute atomic E-state index is 0.101. The summed E-state index contributed by atoms with van der Waals surface area (Å²) in [5, 5.41) is 0. The second kappa shape index (κ2) is 7.13. The van der Waals surface area contributed by atoms with Crippen LogP contribution in [0.3, 0.4) is 0 Å². The minimum Gasteiger partial charge on any atom is -0.486 e. The Hall–Kier alpha value is -2.97. The smallest absolute Gasteiger partial charge is 0.486 e. The van der Waals surface area contributed by atoms with Crippen molar-refractivity contribution in [2.75, 3.05) is 13.1 Å². The van der Waals surface area contributed by atoms with Crippen LogP contribution in [0.1, 0.15) is 34.9 Å². The maximum atomic E-state index is 12.5. The predicted molar refractivity (Wildman–Crippen MR) is 97.2 cm³/mol. The zero-order valence-electron chi connectivity index (χ0n) is 15.6. The van der Waals surface area contributed by atoms with Crippen LogP contribution in [0.15, 0.2) is 41.2 Å². The highest BCUT2D eigenvalue weighted by atomic mass is 19.4. The predicted octanol–water partition coefficient (Wildman–Crippen LogP) is 3.29. The molecule has 2 aromatic rings. The lowest BCUT2D eigenvalue weighted by Gasteiger charge is -2.39. The lowest BCUT2D eigenvalue weighted by molar-refractivity contribution is -0.274. The summed E-state index contributed by atoms with van der Waals surface area (Å²) in [6.45, 7) is 2.43. The summed E-state index contributed by atoms with van der Waals surface area (Å²) < 4.78 is 48.4. The van der Waals surface area contributed by atoms with Gasteiger partial charge < -0.3 is 18.9 Å². The van der Waals surface area contributed by atoms with Gasteiger partial charge in [-0.15, -0.1) is 13.2 Å². The molecule has 2 aliphatic rings.